The van der Waals surface area contributed by atoms with Crippen LogP contribution in [0.4, 0.5) is 0 Å². The highest BCUT2D eigenvalue weighted by Gasteiger charge is 2.54. The molecule has 6 aliphatic rings. The number of hydrogen-bond acceptors (Lipinski definition) is 19. The van der Waals surface area contributed by atoms with Gasteiger partial charge < -0.3 is 89.3 Å². The van der Waals surface area contributed by atoms with E-state index in [9.17, 15) is 60.7 Å². The topological polar surface area (TPSA) is 321 Å². The van der Waals surface area contributed by atoms with Gasteiger partial charge in [-0.05, 0) is 69.6 Å². The van der Waals surface area contributed by atoms with Gasteiger partial charge in [0.2, 0.25) is 0 Å². The van der Waals surface area contributed by atoms with E-state index in [0.29, 0.717) is 12.3 Å². The van der Waals surface area contributed by atoms with Crippen molar-refractivity contribution in [1.29, 1.82) is 0 Å². The van der Waals surface area contributed by atoms with Gasteiger partial charge in [0.15, 0.2) is 12.6 Å². The third-order valence-electron chi connectivity index (χ3n) is 12.8. The second-order valence-corrected chi connectivity index (χ2v) is 17.0. The molecule has 0 aromatic heterocycles. The molecule has 0 spiro atoms. The number of carbonyl (C=O) groups excluding carboxylic acids is 1. The molecule has 3 saturated carbocycles. The first-order valence-electron chi connectivity index (χ1n) is 20.8. The number of aliphatic hydroxyl groups excluding tert-OH is 10. The molecule has 11 N–H and O–H groups in total. The molecule has 19 atom stereocenters. The summed E-state index contributed by atoms with van der Waals surface area (Å²) in [7, 11) is 0. The number of fused-ring (bicyclic) bond motifs is 1. The third kappa shape index (κ3) is 11.7. The molecular weight excluding hydrogens is 788 g/mol. The van der Waals surface area contributed by atoms with Crippen LogP contribution in [0.1, 0.15) is 70.6 Å². The Kier molecular flexibility index (Phi) is 16.5. The summed E-state index contributed by atoms with van der Waals surface area (Å²) >= 11 is 0. The van der Waals surface area contributed by atoms with Crippen molar-refractivity contribution >= 4 is 11.9 Å². The smallest absolute Gasteiger partial charge is 0.317 e. The largest absolute Gasteiger partial charge is 0.481 e. The maximum absolute atomic E-state index is 11.9. The zero-order valence-electron chi connectivity index (χ0n) is 32.8. The molecule has 20 nitrogen and oxygen atoms in total. The molecule has 3 saturated heterocycles. The van der Waals surface area contributed by atoms with E-state index in [4.69, 9.17) is 38.3 Å². The molecule has 0 radical (unpaired) electrons. The Balaban J connectivity index is 1.15. The van der Waals surface area contributed by atoms with E-state index in [2.05, 4.69) is 0 Å². The highest BCUT2D eigenvalue weighted by Crippen LogP contribution is 2.45. The molecule has 59 heavy (non-hydrogen) atoms. The van der Waals surface area contributed by atoms with Gasteiger partial charge in [-0.1, -0.05) is 12.2 Å². The van der Waals surface area contributed by atoms with E-state index >= 15 is 0 Å². The van der Waals surface area contributed by atoms with Crippen LogP contribution in [0.5, 0.6) is 0 Å². The minimum absolute atomic E-state index is 0.00373. The number of aliphatic carboxylic acids is 1. The lowest BCUT2D eigenvalue weighted by Gasteiger charge is -2.52. The molecule has 0 aromatic carbocycles. The molecule has 338 valence electrons. The monoisotopic (exact) mass is 850 g/mol. The normalized spacial score (nSPS) is 47.1. The Bertz CT molecular complexity index is 1380. The SMILES string of the molecule is O=C(O)CC(=O)OCC1OC(OC2CC(O)CC3OC(C4CCC(O)C(O)C4)C(OC4OC(COCC=CC5CCC(O)CC5)C(O)C(O)C4O)CC23)C(O)C(O)C1O. The molecule has 19 unspecified atom stereocenters. The number of carbonyl (C=O) groups is 2. The number of esters is 1. The number of carboxylic acid groups (broad SMARTS) is 1. The number of rotatable bonds is 14. The van der Waals surface area contributed by atoms with Crippen LogP contribution in [0.3, 0.4) is 0 Å². The average Bonchev–Trinajstić information content (AvgIpc) is 3.19. The van der Waals surface area contributed by atoms with Crippen molar-refractivity contribution < 1.29 is 98.9 Å². The van der Waals surface area contributed by atoms with E-state index in [-0.39, 0.29) is 57.3 Å². The van der Waals surface area contributed by atoms with E-state index in [1.807, 2.05) is 12.2 Å². The van der Waals surface area contributed by atoms with Crippen LogP contribution in [0.25, 0.3) is 0 Å². The highest BCUT2D eigenvalue weighted by molar-refractivity contribution is 5.90. The molecule has 3 aliphatic heterocycles. The van der Waals surface area contributed by atoms with Crippen LogP contribution < -0.4 is 0 Å². The van der Waals surface area contributed by atoms with Crippen molar-refractivity contribution in [3.05, 3.63) is 12.2 Å². The molecule has 6 fully saturated rings. The molecular formula is C39H62O20. The fourth-order valence-corrected chi connectivity index (χ4v) is 9.36. The van der Waals surface area contributed by atoms with Crippen molar-refractivity contribution in [2.45, 2.75) is 181 Å². The Morgan fingerprint density at radius 1 is 0.610 bits per heavy atom. The van der Waals surface area contributed by atoms with Gasteiger partial charge in [0.1, 0.15) is 61.9 Å². The van der Waals surface area contributed by atoms with Gasteiger partial charge in [0.25, 0.3) is 0 Å². The summed E-state index contributed by atoms with van der Waals surface area (Å²) in [6.07, 6.45) is -15.2. The van der Waals surface area contributed by atoms with E-state index in [0.717, 1.165) is 25.7 Å². The molecule has 3 heterocycles. The standard InChI is InChI=1S/C39H62O20/c40-19-6-3-17(4-7-19)2-1-9-53-15-27-31(47)33(49)36(52)39(58-27)57-26-13-21-24(55-37(26)18-5-8-22(42)23(43)10-18)11-20(41)12-25(21)56-38-35(51)34(50)32(48)28(59-38)16-54-30(46)14-29(44)45/h1-2,17-28,31-43,47-52H,3-16H2,(H,44,45). The zero-order chi connectivity index (χ0) is 42.5. The van der Waals surface area contributed by atoms with Crippen LogP contribution in [0, 0.1) is 17.8 Å². The number of ether oxygens (including phenoxy) is 7. The van der Waals surface area contributed by atoms with Crippen LogP contribution in [0.2, 0.25) is 0 Å². The number of aliphatic hydroxyl groups is 10. The molecule has 0 amide bonds. The van der Waals surface area contributed by atoms with Crippen molar-refractivity contribution in [2.24, 2.45) is 17.8 Å². The Labute approximate surface area is 341 Å². The molecule has 3 aliphatic carbocycles. The van der Waals surface area contributed by atoms with Gasteiger partial charge in [-0.2, -0.15) is 0 Å². The molecule has 6 rings (SSSR count). The van der Waals surface area contributed by atoms with Crippen molar-refractivity contribution in [2.75, 3.05) is 19.8 Å². The Morgan fingerprint density at radius 3 is 1.86 bits per heavy atom. The van der Waals surface area contributed by atoms with Gasteiger partial charge in [-0.3, -0.25) is 9.59 Å². The first-order valence-corrected chi connectivity index (χ1v) is 20.8. The summed E-state index contributed by atoms with van der Waals surface area (Å²) in [6, 6.07) is 0. The van der Waals surface area contributed by atoms with Crippen LogP contribution in [-0.2, 0) is 42.7 Å². The lowest BCUT2D eigenvalue weighted by molar-refractivity contribution is -0.345. The average molecular weight is 851 g/mol. The summed E-state index contributed by atoms with van der Waals surface area (Å²) in [5.41, 5.74) is 0. The summed E-state index contributed by atoms with van der Waals surface area (Å²) < 4.78 is 41.7. The van der Waals surface area contributed by atoms with Crippen LogP contribution >= 0.6 is 0 Å². The van der Waals surface area contributed by atoms with Crippen molar-refractivity contribution in [3.8, 4) is 0 Å². The predicted octanol–water partition coefficient (Wildman–Crippen LogP) is -3.04. The predicted molar refractivity (Wildman–Crippen MR) is 196 cm³/mol. The number of hydrogen-bond donors (Lipinski definition) is 11. The number of allylic oxidation sites excluding steroid dienone is 1. The Hall–Kier alpha value is -1.96. The van der Waals surface area contributed by atoms with E-state index < -0.39 is 135 Å². The van der Waals surface area contributed by atoms with Gasteiger partial charge in [-0.15, -0.1) is 0 Å². The summed E-state index contributed by atoms with van der Waals surface area (Å²) in [4.78, 5) is 22.7. The summed E-state index contributed by atoms with van der Waals surface area (Å²) in [5, 5.41) is 115. The fraction of sp³-hybridized carbons (Fsp3) is 0.897. The number of carboxylic acids is 1. The minimum Gasteiger partial charge on any atom is -0.481 e. The van der Waals surface area contributed by atoms with Gasteiger partial charge in [-0.25, -0.2) is 0 Å². The van der Waals surface area contributed by atoms with Gasteiger partial charge >= 0.3 is 11.9 Å². The third-order valence-corrected chi connectivity index (χ3v) is 12.8. The Morgan fingerprint density at radius 2 is 1.24 bits per heavy atom. The molecule has 20 heteroatoms. The highest BCUT2D eigenvalue weighted by atomic mass is 16.7. The van der Waals surface area contributed by atoms with Crippen molar-refractivity contribution in [3.63, 3.8) is 0 Å². The van der Waals surface area contributed by atoms with Crippen LogP contribution in [0.15, 0.2) is 12.2 Å². The summed E-state index contributed by atoms with van der Waals surface area (Å²) in [6.45, 7) is -0.636. The maximum atomic E-state index is 11.9. The summed E-state index contributed by atoms with van der Waals surface area (Å²) in [5.74, 6) is -3.20. The first kappa shape index (κ1) is 46.5. The second kappa shape index (κ2) is 20.9. The van der Waals surface area contributed by atoms with Gasteiger partial charge in [0, 0.05) is 12.3 Å². The van der Waals surface area contributed by atoms with Gasteiger partial charge in [0.05, 0.1) is 62.0 Å². The lowest BCUT2D eigenvalue weighted by atomic mass is 9.72. The minimum atomic E-state index is -1.83. The fourth-order valence-electron chi connectivity index (χ4n) is 9.36. The van der Waals surface area contributed by atoms with Crippen LogP contribution in [-0.4, -0.2) is 198 Å². The zero-order valence-corrected chi connectivity index (χ0v) is 32.8. The van der Waals surface area contributed by atoms with E-state index in [1.165, 1.54) is 0 Å². The quantitative estimate of drug-likeness (QED) is 0.0358. The maximum Gasteiger partial charge on any atom is 0.317 e. The molecule has 0 aromatic rings. The van der Waals surface area contributed by atoms with E-state index in [1.54, 1.807) is 0 Å². The lowest BCUT2D eigenvalue weighted by Crippen LogP contribution is -2.63. The molecule has 0 bridgehead atoms. The van der Waals surface area contributed by atoms with Crippen molar-refractivity contribution in [1.82, 2.24) is 0 Å². The second-order valence-electron chi connectivity index (χ2n) is 17.0. The first-order chi connectivity index (χ1) is 28.1.